The van der Waals surface area contributed by atoms with E-state index in [0.29, 0.717) is 13.0 Å². The van der Waals surface area contributed by atoms with Crippen molar-refractivity contribution in [1.29, 1.82) is 0 Å². The van der Waals surface area contributed by atoms with Crippen molar-refractivity contribution in [1.82, 2.24) is 25.1 Å². The van der Waals surface area contributed by atoms with Crippen molar-refractivity contribution in [3.63, 3.8) is 0 Å². The zero-order chi connectivity index (χ0) is 21.1. The average molecular weight is 408 g/mol. The first-order chi connectivity index (χ1) is 14.5. The third kappa shape index (κ3) is 4.25. The molecule has 0 radical (unpaired) electrons. The molecule has 2 aromatic rings. The molecule has 1 aromatic carbocycles. The van der Waals surface area contributed by atoms with E-state index in [-0.39, 0.29) is 5.91 Å². The van der Waals surface area contributed by atoms with Crippen LogP contribution in [0.2, 0.25) is 0 Å². The molecule has 1 amide bonds. The molecule has 1 aliphatic carbocycles. The Bertz CT molecular complexity index is 859. The van der Waals surface area contributed by atoms with Crippen molar-refractivity contribution in [2.75, 3.05) is 39.3 Å². The third-order valence-electron chi connectivity index (χ3n) is 6.59. The van der Waals surface area contributed by atoms with Gasteiger partial charge in [0, 0.05) is 63.4 Å². The lowest BCUT2D eigenvalue weighted by molar-refractivity contribution is -0.134. The number of aromatic nitrogens is 2. The zero-order valence-corrected chi connectivity index (χ0v) is 18.4. The summed E-state index contributed by atoms with van der Waals surface area (Å²) in [6.45, 7) is 11.7. The average Bonchev–Trinajstić information content (AvgIpc) is 3.14. The highest BCUT2D eigenvalue weighted by molar-refractivity contribution is 5.88. The van der Waals surface area contributed by atoms with Crippen molar-refractivity contribution in [2.24, 2.45) is 0 Å². The van der Waals surface area contributed by atoms with Gasteiger partial charge in [-0.1, -0.05) is 31.2 Å². The SMILES string of the molecule is CCN1CCN(C2(C(=O)NCCc3nc(C)cc(C)n3)Cc3ccccc3C2)CC1. The van der Waals surface area contributed by atoms with Gasteiger partial charge in [-0.25, -0.2) is 9.97 Å². The van der Waals surface area contributed by atoms with E-state index in [2.05, 4.69) is 56.3 Å². The monoisotopic (exact) mass is 407 g/mol. The van der Waals surface area contributed by atoms with Gasteiger partial charge in [-0.05, 0) is 37.6 Å². The quantitative estimate of drug-likeness (QED) is 0.793. The third-order valence-corrected chi connectivity index (χ3v) is 6.59. The number of carbonyl (C=O) groups is 1. The second-order valence-corrected chi connectivity index (χ2v) is 8.65. The zero-order valence-electron chi connectivity index (χ0n) is 18.4. The lowest BCUT2D eigenvalue weighted by Crippen LogP contribution is -2.64. The highest BCUT2D eigenvalue weighted by Crippen LogP contribution is 2.35. The lowest BCUT2D eigenvalue weighted by atomic mass is 9.90. The van der Waals surface area contributed by atoms with Gasteiger partial charge >= 0.3 is 0 Å². The number of carbonyl (C=O) groups excluding carboxylic acids is 1. The molecule has 0 unspecified atom stereocenters. The first-order valence-corrected chi connectivity index (χ1v) is 11.1. The highest BCUT2D eigenvalue weighted by Gasteiger charge is 2.48. The molecule has 0 spiro atoms. The van der Waals surface area contributed by atoms with E-state index in [0.717, 1.165) is 62.8 Å². The molecule has 1 N–H and O–H groups in total. The summed E-state index contributed by atoms with van der Waals surface area (Å²) in [5, 5.41) is 3.24. The number of likely N-dealkylation sites (N-methyl/N-ethyl adjacent to an activating group) is 1. The van der Waals surface area contributed by atoms with Crippen LogP contribution in [0.3, 0.4) is 0 Å². The summed E-state index contributed by atoms with van der Waals surface area (Å²) in [5.74, 6) is 0.946. The number of aryl methyl sites for hydroxylation is 2. The first-order valence-electron chi connectivity index (χ1n) is 11.1. The number of piperazine rings is 1. The summed E-state index contributed by atoms with van der Waals surface area (Å²) >= 11 is 0. The van der Waals surface area contributed by atoms with Crippen LogP contribution in [-0.2, 0) is 24.1 Å². The Morgan fingerprint density at radius 2 is 1.63 bits per heavy atom. The van der Waals surface area contributed by atoms with E-state index in [9.17, 15) is 4.79 Å². The molecule has 6 nitrogen and oxygen atoms in total. The fourth-order valence-electron chi connectivity index (χ4n) is 4.98. The van der Waals surface area contributed by atoms with Crippen LogP contribution in [0, 0.1) is 13.8 Å². The summed E-state index contributed by atoms with van der Waals surface area (Å²) in [5.41, 5.74) is 4.08. The molecule has 4 rings (SSSR count). The molecule has 1 saturated heterocycles. The van der Waals surface area contributed by atoms with Crippen LogP contribution >= 0.6 is 0 Å². The number of nitrogens with zero attached hydrogens (tertiary/aromatic N) is 4. The fraction of sp³-hybridized carbons (Fsp3) is 0.542. The molecule has 6 heteroatoms. The van der Waals surface area contributed by atoms with Gasteiger partial charge in [0.05, 0.1) is 0 Å². The Hall–Kier alpha value is -2.31. The summed E-state index contributed by atoms with van der Waals surface area (Å²) in [6, 6.07) is 10.5. The molecular weight excluding hydrogens is 374 g/mol. The summed E-state index contributed by atoms with van der Waals surface area (Å²) in [4.78, 5) is 27.5. The van der Waals surface area contributed by atoms with Crippen LogP contribution < -0.4 is 5.32 Å². The smallest absolute Gasteiger partial charge is 0.241 e. The number of nitrogens with one attached hydrogen (secondary N) is 1. The van der Waals surface area contributed by atoms with Crippen molar-refractivity contribution >= 4 is 5.91 Å². The second-order valence-electron chi connectivity index (χ2n) is 8.65. The Labute approximate surface area is 179 Å². The van der Waals surface area contributed by atoms with Crippen molar-refractivity contribution in [3.8, 4) is 0 Å². The van der Waals surface area contributed by atoms with Gasteiger partial charge in [0.2, 0.25) is 5.91 Å². The molecule has 1 fully saturated rings. The van der Waals surface area contributed by atoms with E-state index in [4.69, 9.17) is 0 Å². The molecular formula is C24H33N5O. The summed E-state index contributed by atoms with van der Waals surface area (Å²) < 4.78 is 0. The van der Waals surface area contributed by atoms with Crippen molar-refractivity contribution in [2.45, 2.75) is 45.6 Å². The maximum Gasteiger partial charge on any atom is 0.241 e. The Kier molecular flexibility index (Phi) is 6.16. The number of fused-ring (bicyclic) bond motifs is 1. The van der Waals surface area contributed by atoms with Crippen LogP contribution in [0.5, 0.6) is 0 Å². The summed E-state index contributed by atoms with van der Waals surface area (Å²) in [6.07, 6.45) is 2.24. The van der Waals surface area contributed by atoms with Gasteiger partial charge in [0.25, 0.3) is 0 Å². The number of hydrogen-bond acceptors (Lipinski definition) is 5. The molecule has 2 heterocycles. The molecule has 1 aliphatic heterocycles. The molecule has 0 atom stereocenters. The Balaban J connectivity index is 1.48. The van der Waals surface area contributed by atoms with Gasteiger partial charge < -0.3 is 10.2 Å². The minimum Gasteiger partial charge on any atom is -0.354 e. The van der Waals surface area contributed by atoms with E-state index in [1.54, 1.807) is 0 Å². The number of rotatable bonds is 6. The van der Waals surface area contributed by atoms with Gasteiger partial charge in [-0.15, -0.1) is 0 Å². The van der Waals surface area contributed by atoms with Gasteiger partial charge in [0.1, 0.15) is 11.4 Å². The van der Waals surface area contributed by atoms with Crippen LogP contribution in [0.15, 0.2) is 30.3 Å². The largest absolute Gasteiger partial charge is 0.354 e. The van der Waals surface area contributed by atoms with E-state index < -0.39 is 5.54 Å². The van der Waals surface area contributed by atoms with E-state index in [1.807, 2.05) is 19.9 Å². The fourth-order valence-corrected chi connectivity index (χ4v) is 4.98. The Morgan fingerprint density at radius 1 is 1.03 bits per heavy atom. The van der Waals surface area contributed by atoms with E-state index >= 15 is 0 Å². The van der Waals surface area contributed by atoms with Gasteiger partial charge in [-0.3, -0.25) is 9.69 Å². The minimum absolute atomic E-state index is 0.146. The van der Waals surface area contributed by atoms with Crippen molar-refractivity contribution < 1.29 is 4.79 Å². The summed E-state index contributed by atoms with van der Waals surface area (Å²) in [7, 11) is 0. The topological polar surface area (TPSA) is 61.4 Å². The molecule has 1 aromatic heterocycles. The van der Waals surface area contributed by atoms with Gasteiger partial charge in [-0.2, -0.15) is 0 Å². The van der Waals surface area contributed by atoms with E-state index in [1.165, 1.54) is 11.1 Å². The maximum absolute atomic E-state index is 13.6. The van der Waals surface area contributed by atoms with Crippen molar-refractivity contribution in [3.05, 3.63) is 58.7 Å². The van der Waals surface area contributed by atoms with Crippen LogP contribution in [-0.4, -0.2) is 70.5 Å². The number of benzene rings is 1. The van der Waals surface area contributed by atoms with Crippen LogP contribution in [0.4, 0.5) is 0 Å². The standard InChI is InChI=1S/C24H33N5O/c1-4-28-11-13-29(14-12-28)24(16-20-7-5-6-8-21(20)17-24)23(30)25-10-9-22-26-18(2)15-19(3)27-22/h5-8,15H,4,9-14,16-17H2,1-3H3,(H,25,30). The molecule has 2 aliphatic rings. The van der Waals surface area contributed by atoms with Crippen LogP contribution in [0.1, 0.15) is 35.3 Å². The normalized spacial score (nSPS) is 18.9. The molecule has 0 bridgehead atoms. The lowest BCUT2D eigenvalue weighted by Gasteiger charge is -2.44. The Morgan fingerprint density at radius 3 is 2.20 bits per heavy atom. The highest BCUT2D eigenvalue weighted by atomic mass is 16.2. The first kappa shape index (κ1) is 20.9. The minimum atomic E-state index is -0.479. The van der Waals surface area contributed by atoms with Crippen LogP contribution in [0.25, 0.3) is 0 Å². The molecule has 160 valence electrons. The molecule has 0 saturated carbocycles. The predicted octanol–water partition coefficient (Wildman–Crippen LogP) is 1.93. The van der Waals surface area contributed by atoms with Gasteiger partial charge in [0.15, 0.2) is 0 Å². The second kappa shape index (κ2) is 8.82. The molecule has 30 heavy (non-hydrogen) atoms. The number of amides is 1. The maximum atomic E-state index is 13.6. The number of hydrogen-bond donors (Lipinski definition) is 1. The predicted molar refractivity (Wildman–Crippen MR) is 118 cm³/mol.